The van der Waals surface area contributed by atoms with Crippen molar-refractivity contribution < 1.29 is 4.92 Å². The number of rotatable bonds is 1. The summed E-state index contributed by atoms with van der Waals surface area (Å²) in [4.78, 5) is 14.3. The molecule has 6 heteroatoms. The molecule has 1 heterocycles. The molecule has 0 saturated carbocycles. The summed E-state index contributed by atoms with van der Waals surface area (Å²) >= 11 is 1.25. The second-order valence-electron chi connectivity index (χ2n) is 2.89. The molecule has 5 nitrogen and oxygen atoms in total. The molecular formula is C8H7N3O2S. The third kappa shape index (κ3) is 1.20. The summed E-state index contributed by atoms with van der Waals surface area (Å²) in [6.07, 6.45) is 0. The van der Waals surface area contributed by atoms with E-state index in [9.17, 15) is 10.1 Å². The number of anilines is 1. The number of nitrogen functional groups attached to an aromatic ring is 1. The highest BCUT2D eigenvalue weighted by Crippen LogP contribution is 2.33. The second-order valence-corrected chi connectivity index (χ2v) is 3.95. The van der Waals surface area contributed by atoms with Gasteiger partial charge in [-0.25, -0.2) is 4.98 Å². The first-order valence-electron chi connectivity index (χ1n) is 3.89. The number of nitro groups is 1. The molecular weight excluding hydrogens is 202 g/mol. The van der Waals surface area contributed by atoms with E-state index in [0.717, 1.165) is 4.70 Å². The SMILES string of the molecule is Cc1ccc2sc(N)nc2c1[N+](=O)[O-]. The molecule has 0 unspecified atom stereocenters. The van der Waals surface area contributed by atoms with Crippen molar-refractivity contribution >= 4 is 32.4 Å². The molecule has 14 heavy (non-hydrogen) atoms. The monoisotopic (exact) mass is 209 g/mol. The largest absolute Gasteiger partial charge is 0.375 e. The maximum atomic E-state index is 10.8. The lowest BCUT2D eigenvalue weighted by atomic mass is 10.2. The van der Waals surface area contributed by atoms with Crippen LogP contribution in [0.4, 0.5) is 10.8 Å². The van der Waals surface area contributed by atoms with Gasteiger partial charge in [0.1, 0.15) is 0 Å². The highest BCUT2D eigenvalue weighted by molar-refractivity contribution is 7.22. The highest BCUT2D eigenvalue weighted by atomic mass is 32.1. The van der Waals surface area contributed by atoms with E-state index in [4.69, 9.17) is 5.73 Å². The van der Waals surface area contributed by atoms with Crippen LogP contribution < -0.4 is 5.73 Å². The number of benzene rings is 1. The Hall–Kier alpha value is -1.69. The Bertz CT molecular complexity index is 521. The van der Waals surface area contributed by atoms with Gasteiger partial charge < -0.3 is 5.73 Å². The number of aryl methyl sites for hydroxylation is 1. The van der Waals surface area contributed by atoms with Crippen LogP contribution in [0, 0.1) is 17.0 Å². The first kappa shape index (κ1) is 8.89. The van der Waals surface area contributed by atoms with E-state index in [2.05, 4.69) is 4.98 Å². The van der Waals surface area contributed by atoms with Crippen LogP contribution in [0.25, 0.3) is 10.2 Å². The van der Waals surface area contributed by atoms with Crippen molar-refractivity contribution in [2.75, 3.05) is 5.73 Å². The normalized spacial score (nSPS) is 10.6. The Balaban J connectivity index is 2.88. The van der Waals surface area contributed by atoms with Crippen molar-refractivity contribution in [3.63, 3.8) is 0 Å². The summed E-state index contributed by atoms with van der Waals surface area (Å²) in [5.74, 6) is 0. The molecule has 0 aliphatic carbocycles. The summed E-state index contributed by atoms with van der Waals surface area (Å²) in [5.41, 5.74) is 6.54. The predicted octanol–water partition coefficient (Wildman–Crippen LogP) is 2.10. The standard InChI is InChI=1S/C8H7N3O2S/c1-4-2-3-5-6(7(4)11(12)13)10-8(9)14-5/h2-3H,1H3,(H2,9,10). The zero-order chi connectivity index (χ0) is 10.3. The average molecular weight is 209 g/mol. The molecule has 0 spiro atoms. The lowest BCUT2D eigenvalue weighted by Crippen LogP contribution is -1.92. The van der Waals surface area contributed by atoms with E-state index in [-0.39, 0.29) is 5.69 Å². The average Bonchev–Trinajstić information content (AvgIpc) is 2.43. The number of hydrogen-bond acceptors (Lipinski definition) is 5. The van der Waals surface area contributed by atoms with Crippen molar-refractivity contribution in [1.82, 2.24) is 4.98 Å². The molecule has 0 amide bonds. The number of fused-ring (bicyclic) bond motifs is 1. The van der Waals surface area contributed by atoms with Gasteiger partial charge in [-0.3, -0.25) is 10.1 Å². The first-order valence-corrected chi connectivity index (χ1v) is 4.71. The van der Waals surface area contributed by atoms with Crippen molar-refractivity contribution in [2.45, 2.75) is 6.92 Å². The van der Waals surface area contributed by atoms with E-state index >= 15 is 0 Å². The van der Waals surface area contributed by atoms with Crippen molar-refractivity contribution in [3.8, 4) is 0 Å². The maximum absolute atomic E-state index is 10.8. The van der Waals surface area contributed by atoms with Gasteiger partial charge in [0.15, 0.2) is 10.6 Å². The Morgan fingerprint density at radius 3 is 2.93 bits per heavy atom. The molecule has 0 aliphatic heterocycles. The minimum atomic E-state index is -0.420. The second kappa shape index (κ2) is 2.91. The number of nitrogens with two attached hydrogens (primary N) is 1. The molecule has 0 radical (unpaired) electrons. The van der Waals surface area contributed by atoms with Gasteiger partial charge in [-0.15, -0.1) is 0 Å². The fraction of sp³-hybridized carbons (Fsp3) is 0.125. The van der Waals surface area contributed by atoms with Crippen molar-refractivity contribution in [1.29, 1.82) is 0 Å². The number of hydrogen-bond donors (Lipinski definition) is 1. The summed E-state index contributed by atoms with van der Waals surface area (Å²) in [6.45, 7) is 1.69. The fourth-order valence-corrected chi connectivity index (χ4v) is 2.07. The van der Waals surface area contributed by atoms with E-state index in [1.54, 1.807) is 19.1 Å². The Morgan fingerprint density at radius 2 is 2.29 bits per heavy atom. The molecule has 0 aliphatic rings. The molecule has 0 bridgehead atoms. The van der Waals surface area contributed by atoms with Crippen LogP contribution in [0.5, 0.6) is 0 Å². The predicted molar refractivity (Wildman–Crippen MR) is 55.4 cm³/mol. The minimum Gasteiger partial charge on any atom is -0.375 e. The molecule has 1 aromatic heterocycles. The molecule has 2 rings (SSSR count). The lowest BCUT2D eigenvalue weighted by Gasteiger charge is -1.95. The van der Waals surface area contributed by atoms with Crippen LogP contribution in [0.1, 0.15) is 5.56 Å². The van der Waals surface area contributed by atoms with Crippen LogP contribution in [0.2, 0.25) is 0 Å². The van der Waals surface area contributed by atoms with Gasteiger partial charge in [-0.1, -0.05) is 17.4 Å². The Kier molecular flexibility index (Phi) is 1.85. The van der Waals surface area contributed by atoms with Gasteiger partial charge >= 0.3 is 0 Å². The third-order valence-electron chi connectivity index (χ3n) is 1.94. The van der Waals surface area contributed by atoms with Gasteiger partial charge in [0.2, 0.25) is 0 Å². The number of nitrogens with zero attached hydrogens (tertiary/aromatic N) is 2. The third-order valence-corrected chi connectivity index (χ3v) is 2.78. The van der Waals surface area contributed by atoms with Gasteiger partial charge in [0.05, 0.1) is 9.62 Å². The van der Waals surface area contributed by atoms with Crippen LogP contribution in [0.3, 0.4) is 0 Å². The number of nitro benzene ring substituents is 1. The summed E-state index contributed by atoms with van der Waals surface area (Å²) in [5, 5.41) is 11.1. The van der Waals surface area contributed by atoms with Gasteiger partial charge in [-0.05, 0) is 13.0 Å². The van der Waals surface area contributed by atoms with Gasteiger partial charge in [-0.2, -0.15) is 0 Å². The van der Waals surface area contributed by atoms with Crippen LogP contribution in [0.15, 0.2) is 12.1 Å². The zero-order valence-corrected chi connectivity index (χ0v) is 8.17. The van der Waals surface area contributed by atoms with E-state index in [1.165, 1.54) is 11.3 Å². The van der Waals surface area contributed by atoms with Gasteiger partial charge in [0, 0.05) is 5.56 Å². The minimum absolute atomic E-state index is 0.0513. The zero-order valence-electron chi connectivity index (χ0n) is 7.35. The molecule has 0 fully saturated rings. The molecule has 0 atom stereocenters. The van der Waals surface area contributed by atoms with Crippen molar-refractivity contribution in [2.24, 2.45) is 0 Å². The molecule has 2 N–H and O–H groups in total. The summed E-state index contributed by atoms with van der Waals surface area (Å²) in [7, 11) is 0. The van der Waals surface area contributed by atoms with E-state index in [1.807, 2.05) is 0 Å². The topological polar surface area (TPSA) is 82.0 Å². The van der Waals surface area contributed by atoms with Gasteiger partial charge in [0.25, 0.3) is 5.69 Å². The molecule has 72 valence electrons. The summed E-state index contributed by atoms with van der Waals surface area (Å²) in [6, 6.07) is 3.50. The fourth-order valence-electron chi connectivity index (χ4n) is 1.33. The van der Waals surface area contributed by atoms with E-state index < -0.39 is 4.92 Å². The highest BCUT2D eigenvalue weighted by Gasteiger charge is 2.18. The van der Waals surface area contributed by atoms with Crippen LogP contribution >= 0.6 is 11.3 Å². The number of thiazole rings is 1. The van der Waals surface area contributed by atoms with E-state index in [0.29, 0.717) is 16.2 Å². The first-order chi connectivity index (χ1) is 6.59. The molecule has 1 aromatic carbocycles. The number of aromatic nitrogens is 1. The Morgan fingerprint density at radius 1 is 1.57 bits per heavy atom. The Labute approximate surface area is 83.3 Å². The van der Waals surface area contributed by atoms with Crippen LogP contribution in [-0.4, -0.2) is 9.91 Å². The van der Waals surface area contributed by atoms with Crippen LogP contribution in [-0.2, 0) is 0 Å². The maximum Gasteiger partial charge on any atom is 0.299 e. The smallest absolute Gasteiger partial charge is 0.299 e. The molecule has 0 saturated heterocycles. The lowest BCUT2D eigenvalue weighted by molar-refractivity contribution is -0.383. The van der Waals surface area contributed by atoms with Crippen molar-refractivity contribution in [3.05, 3.63) is 27.8 Å². The quantitative estimate of drug-likeness (QED) is 0.575. The molecule has 2 aromatic rings. The summed E-state index contributed by atoms with van der Waals surface area (Å²) < 4.78 is 0.750.